The molecule has 0 saturated carbocycles. The Morgan fingerprint density at radius 2 is 2.15 bits per heavy atom. The van der Waals surface area contributed by atoms with Crippen LogP contribution in [0.15, 0.2) is 29.4 Å². The van der Waals surface area contributed by atoms with Gasteiger partial charge in [0.2, 0.25) is 10.0 Å². The highest BCUT2D eigenvalue weighted by Crippen LogP contribution is 2.22. The second kappa shape index (κ2) is 5.22. The number of anilines is 1. The lowest BCUT2D eigenvalue weighted by molar-refractivity contribution is 0.560. The molecule has 6 nitrogen and oxygen atoms in total. The van der Waals surface area contributed by atoms with Gasteiger partial charge in [0.05, 0.1) is 16.6 Å². The van der Waals surface area contributed by atoms with Crippen molar-refractivity contribution in [3.63, 3.8) is 0 Å². The first kappa shape index (κ1) is 14.5. The van der Waals surface area contributed by atoms with Crippen molar-refractivity contribution in [3.05, 3.63) is 41.7 Å². The van der Waals surface area contributed by atoms with E-state index < -0.39 is 21.9 Å². The predicted octanol–water partition coefficient (Wildman–Crippen LogP) is 1.48. The van der Waals surface area contributed by atoms with Gasteiger partial charge >= 0.3 is 0 Å². The minimum atomic E-state index is -3.81. The summed E-state index contributed by atoms with van der Waals surface area (Å²) < 4.78 is 40.3. The third-order valence-corrected chi connectivity index (χ3v) is 4.53. The number of aromatic nitrogens is 2. The number of sulfonamides is 1. The largest absolute Gasteiger partial charge is 0.396 e. The van der Waals surface area contributed by atoms with E-state index in [-0.39, 0.29) is 16.1 Å². The van der Waals surface area contributed by atoms with Crippen LogP contribution in [-0.2, 0) is 10.0 Å². The second-order valence-electron chi connectivity index (χ2n) is 4.46. The summed E-state index contributed by atoms with van der Waals surface area (Å²) in [4.78, 5) is 6.76. The van der Waals surface area contributed by atoms with Crippen LogP contribution in [0.1, 0.15) is 24.4 Å². The molecule has 2 rings (SSSR count). The number of halogens is 1. The molecule has 1 unspecified atom stereocenters. The fraction of sp³-hybridized carbons (Fsp3) is 0.250. The zero-order valence-corrected chi connectivity index (χ0v) is 11.8. The van der Waals surface area contributed by atoms with Crippen LogP contribution in [0.3, 0.4) is 0 Å². The van der Waals surface area contributed by atoms with E-state index in [0.717, 1.165) is 12.1 Å². The zero-order valence-electron chi connectivity index (χ0n) is 11.0. The fourth-order valence-corrected chi connectivity index (χ4v) is 3.29. The molecule has 0 amide bonds. The maximum atomic E-state index is 13.3. The smallest absolute Gasteiger partial charge is 0.241 e. The van der Waals surface area contributed by atoms with E-state index in [0.29, 0.717) is 5.82 Å². The molecule has 0 aliphatic heterocycles. The molecule has 8 heteroatoms. The van der Waals surface area contributed by atoms with Gasteiger partial charge in [0.1, 0.15) is 11.6 Å². The third-order valence-electron chi connectivity index (χ3n) is 2.85. The topological polar surface area (TPSA) is 101 Å². The standard InChI is InChI=1S/C12H15FN4O2S/c1-7-5-9(13)10(14)6-11(7)20(18,19)17-8(2)12-15-3-4-16-12/h3-6,8,17H,14H2,1-2H3,(H,15,16). The van der Waals surface area contributed by atoms with Crippen LogP contribution < -0.4 is 10.5 Å². The van der Waals surface area contributed by atoms with E-state index in [9.17, 15) is 12.8 Å². The van der Waals surface area contributed by atoms with Gasteiger partial charge in [-0.2, -0.15) is 0 Å². The third kappa shape index (κ3) is 2.81. The van der Waals surface area contributed by atoms with Crippen molar-refractivity contribution >= 4 is 15.7 Å². The molecule has 2 aromatic rings. The van der Waals surface area contributed by atoms with Crippen LogP contribution in [0, 0.1) is 12.7 Å². The van der Waals surface area contributed by atoms with Crippen molar-refractivity contribution in [2.24, 2.45) is 0 Å². The number of nitrogen functional groups attached to an aromatic ring is 1. The van der Waals surface area contributed by atoms with Gasteiger partial charge in [-0.25, -0.2) is 22.5 Å². The monoisotopic (exact) mass is 298 g/mol. The average Bonchev–Trinajstić information content (AvgIpc) is 2.86. The molecular formula is C12H15FN4O2S. The number of imidazole rings is 1. The Morgan fingerprint density at radius 3 is 2.75 bits per heavy atom. The molecular weight excluding hydrogens is 283 g/mol. The van der Waals surface area contributed by atoms with Gasteiger partial charge in [0.25, 0.3) is 0 Å². The first-order valence-corrected chi connectivity index (χ1v) is 7.37. The van der Waals surface area contributed by atoms with Crippen LogP contribution >= 0.6 is 0 Å². The Bertz CT molecular complexity index is 713. The number of aromatic amines is 1. The van der Waals surface area contributed by atoms with Gasteiger partial charge < -0.3 is 10.7 Å². The van der Waals surface area contributed by atoms with Crippen LogP contribution in [0.2, 0.25) is 0 Å². The van der Waals surface area contributed by atoms with Crippen LogP contribution in [0.4, 0.5) is 10.1 Å². The highest BCUT2D eigenvalue weighted by atomic mass is 32.2. The van der Waals surface area contributed by atoms with Crippen molar-refractivity contribution in [3.8, 4) is 0 Å². The van der Waals surface area contributed by atoms with E-state index in [1.165, 1.54) is 13.1 Å². The summed E-state index contributed by atoms with van der Waals surface area (Å²) in [5, 5.41) is 0. The lowest BCUT2D eigenvalue weighted by Gasteiger charge is -2.14. The first-order chi connectivity index (χ1) is 9.31. The average molecular weight is 298 g/mol. The number of aryl methyl sites for hydroxylation is 1. The molecule has 1 atom stereocenters. The Hall–Kier alpha value is -1.93. The van der Waals surface area contributed by atoms with E-state index in [1.807, 2.05) is 0 Å². The maximum absolute atomic E-state index is 13.3. The molecule has 0 saturated heterocycles. The number of nitrogens with one attached hydrogen (secondary N) is 2. The van der Waals surface area contributed by atoms with Crippen molar-refractivity contribution in [2.75, 3.05) is 5.73 Å². The summed E-state index contributed by atoms with van der Waals surface area (Å²) in [6, 6.07) is 1.67. The minimum absolute atomic E-state index is 0.0465. The number of hydrogen-bond donors (Lipinski definition) is 3. The summed E-state index contributed by atoms with van der Waals surface area (Å²) >= 11 is 0. The maximum Gasteiger partial charge on any atom is 0.241 e. The SMILES string of the molecule is Cc1cc(F)c(N)cc1S(=O)(=O)NC(C)c1ncc[nH]1. The van der Waals surface area contributed by atoms with Crippen molar-refractivity contribution in [2.45, 2.75) is 24.8 Å². The first-order valence-electron chi connectivity index (χ1n) is 5.88. The van der Waals surface area contributed by atoms with Crippen molar-refractivity contribution in [1.29, 1.82) is 0 Å². The molecule has 0 radical (unpaired) electrons. The number of rotatable bonds is 4. The van der Waals surface area contributed by atoms with Crippen LogP contribution in [-0.4, -0.2) is 18.4 Å². The molecule has 0 aliphatic carbocycles. The molecule has 1 heterocycles. The minimum Gasteiger partial charge on any atom is -0.396 e. The molecule has 1 aromatic carbocycles. The number of H-pyrrole nitrogens is 1. The second-order valence-corrected chi connectivity index (χ2v) is 6.14. The number of nitrogens with two attached hydrogens (primary N) is 1. The Kier molecular flexibility index (Phi) is 3.78. The van der Waals surface area contributed by atoms with E-state index >= 15 is 0 Å². The molecule has 0 bridgehead atoms. The predicted molar refractivity (Wildman–Crippen MR) is 72.9 cm³/mol. The quantitative estimate of drug-likeness (QED) is 0.744. The summed E-state index contributed by atoms with van der Waals surface area (Å²) in [7, 11) is -3.81. The Morgan fingerprint density at radius 1 is 1.45 bits per heavy atom. The fourth-order valence-electron chi connectivity index (χ4n) is 1.82. The summed E-state index contributed by atoms with van der Waals surface area (Å²) in [6.45, 7) is 3.16. The van der Waals surface area contributed by atoms with E-state index in [1.54, 1.807) is 13.1 Å². The normalized spacial score (nSPS) is 13.3. The highest BCUT2D eigenvalue weighted by Gasteiger charge is 2.22. The molecule has 20 heavy (non-hydrogen) atoms. The van der Waals surface area contributed by atoms with E-state index in [4.69, 9.17) is 5.73 Å². The summed E-state index contributed by atoms with van der Waals surface area (Å²) in [6.07, 6.45) is 3.13. The van der Waals surface area contributed by atoms with Gasteiger partial charge in [-0.3, -0.25) is 0 Å². The van der Waals surface area contributed by atoms with Gasteiger partial charge in [0.15, 0.2) is 0 Å². The number of benzene rings is 1. The highest BCUT2D eigenvalue weighted by molar-refractivity contribution is 7.89. The molecule has 4 N–H and O–H groups in total. The van der Waals surface area contributed by atoms with Crippen molar-refractivity contribution in [1.82, 2.24) is 14.7 Å². The Balaban J connectivity index is 2.34. The van der Waals surface area contributed by atoms with Crippen LogP contribution in [0.25, 0.3) is 0 Å². The van der Waals surface area contributed by atoms with Crippen LogP contribution in [0.5, 0.6) is 0 Å². The lowest BCUT2D eigenvalue weighted by atomic mass is 10.2. The van der Waals surface area contributed by atoms with Gasteiger partial charge in [-0.1, -0.05) is 0 Å². The number of hydrogen-bond acceptors (Lipinski definition) is 4. The molecule has 0 spiro atoms. The van der Waals surface area contributed by atoms with Gasteiger partial charge in [-0.15, -0.1) is 0 Å². The van der Waals surface area contributed by atoms with E-state index in [2.05, 4.69) is 14.7 Å². The molecule has 0 aliphatic rings. The zero-order chi connectivity index (χ0) is 14.9. The molecule has 108 valence electrons. The molecule has 0 fully saturated rings. The summed E-state index contributed by atoms with van der Waals surface area (Å²) in [5.41, 5.74) is 5.51. The summed E-state index contributed by atoms with van der Waals surface area (Å²) in [5.74, 6) is -0.151. The van der Waals surface area contributed by atoms with Gasteiger partial charge in [0, 0.05) is 12.4 Å². The molecule has 1 aromatic heterocycles. The van der Waals surface area contributed by atoms with Crippen molar-refractivity contribution < 1.29 is 12.8 Å². The Labute approximate surface area is 116 Å². The number of nitrogens with zero attached hydrogens (tertiary/aromatic N) is 1. The van der Waals surface area contributed by atoms with Gasteiger partial charge in [-0.05, 0) is 31.5 Å². The lowest BCUT2D eigenvalue weighted by Crippen LogP contribution is -2.28.